The van der Waals surface area contributed by atoms with E-state index in [1.54, 1.807) is 6.07 Å². The SMILES string of the molecule is CCNCCOc1cc2ccccc2c(=O)[nH]1. The molecule has 0 unspecified atom stereocenters. The van der Waals surface area contributed by atoms with Crippen LogP contribution in [0.4, 0.5) is 0 Å². The number of H-pyrrole nitrogens is 1. The van der Waals surface area contributed by atoms with Gasteiger partial charge in [0, 0.05) is 18.0 Å². The lowest BCUT2D eigenvalue weighted by Gasteiger charge is -2.07. The predicted molar refractivity (Wildman–Crippen MR) is 68.6 cm³/mol. The van der Waals surface area contributed by atoms with Crippen LogP contribution in [0.25, 0.3) is 10.8 Å². The van der Waals surface area contributed by atoms with Crippen LogP contribution in [-0.4, -0.2) is 24.7 Å². The van der Waals surface area contributed by atoms with Gasteiger partial charge >= 0.3 is 0 Å². The number of benzene rings is 1. The maximum absolute atomic E-state index is 11.7. The molecule has 0 bridgehead atoms. The second-order valence-electron chi connectivity index (χ2n) is 3.75. The van der Waals surface area contributed by atoms with Gasteiger partial charge in [-0.3, -0.25) is 9.78 Å². The van der Waals surface area contributed by atoms with E-state index in [2.05, 4.69) is 10.3 Å². The minimum Gasteiger partial charge on any atom is -0.478 e. The Morgan fingerprint density at radius 2 is 2.18 bits per heavy atom. The van der Waals surface area contributed by atoms with Gasteiger partial charge in [-0.15, -0.1) is 0 Å². The summed E-state index contributed by atoms with van der Waals surface area (Å²) in [5.74, 6) is 0.520. The molecule has 0 amide bonds. The number of likely N-dealkylation sites (N-methyl/N-ethyl adjacent to an activating group) is 1. The molecule has 2 aromatic rings. The molecule has 2 N–H and O–H groups in total. The lowest BCUT2D eigenvalue weighted by molar-refractivity contribution is 0.303. The highest BCUT2D eigenvalue weighted by atomic mass is 16.5. The fourth-order valence-corrected chi connectivity index (χ4v) is 1.67. The minimum absolute atomic E-state index is 0.110. The van der Waals surface area contributed by atoms with Gasteiger partial charge in [0.1, 0.15) is 6.61 Å². The molecule has 1 aromatic carbocycles. The summed E-state index contributed by atoms with van der Waals surface area (Å²) in [4.78, 5) is 14.5. The van der Waals surface area contributed by atoms with E-state index in [1.165, 1.54) is 0 Å². The molecule has 0 aliphatic heterocycles. The topological polar surface area (TPSA) is 54.1 Å². The van der Waals surface area contributed by atoms with Gasteiger partial charge in [-0.1, -0.05) is 25.1 Å². The number of ether oxygens (including phenoxy) is 1. The maximum atomic E-state index is 11.7. The number of aromatic amines is 1. The van der Waals surface area contributed by atoms with Gasteiger partial charge in [0.15, 0.2) is 5.88 Å². The van der Waals surface area contributed by atoms with Crippen LogP contribution in [0.2, 0.25) is 0 Å². The van der Waals surface area contributed by atoms with E-state index < -0.39 is 0 Å². The Hall–Kier alpha value is -1.81. The molecule has 0 saturated carbocycles. The molecular weight excluding hydrogens is 216 g/mol. The predicted octanol–water partition coefficient (Wildman–Crippen LogP) is 1.52. The number of hydrogen-bond donors (Lipinski definition) is 2. The van der Waals surface area contributed by atoms with Crippen LogP contribution in [0.5, 0.6) is 5.88 Å². The van der Waals surface area contributed by atoms with Crippen molar-refractivity contribution >= 4 is 10.8 Å². The summed E-state index contributed by atoms with van der Waals surface area (Å²) in [5, 5.41) is 4.74. The number of nitrogens with one attached hydrogen (secondary N) is 2. The molecule has 0 atom stereocenters. The van der Waals surface area contributed by atoms with E-state index in [4.69, 9.17) is 4.74 Å². The van der Waals surface area contributed by atoms with Crippen LogP contribution < -0.4 is 15.6 Å². The average molecular weight is 232 g/mol. The first kappa shape index (κ1) is 11.7. The molecule has 0 aliphatic rings. The first-order chi connectivity index (χ1) is 8.31. The summed E-state index contributed by atoms with van der Waals surface area (Å²) in [6, 6.07) is 9.31. The number of aromatic nitrogens is 1. The summed E-state index contributed by atoms with van der Waals surface area (Å²) in [7, 11) is 0. The molecule has 90 valence electrons. The third-order valence-corrected chi connectivity index (χ3v) is 2.52. The third kappa shape index (κ3) is 2.85. The molecule has 4 nitrogen and oxygen atoms in total. The zero-order valence-corrected chi connectivity index (χ0v) is 9.82. The number of pyridine rings is 1. The molecule has 2 rings (SSSR count). The highest BCUT2D eigenvalue weighted by Crippen LogP contribution is 2.13. The molecule has 0 fully saturated rings. The second-order valence-corrected chi connectivity index (χ2v) is 3.75. The zero-order valence-electron chi connectivity index (χ0n) is 9.82. The Morgan fingerprint density at radius 3 is 3.00 bits per heavy atom. The lowest BCUT2D eigenvalue weighted by atomic mass is 10.2. The lowest BCUT2D eigenvalue weighted by Crippen LogP contribution is -2.21. The van der Waals surface area contributed by atoms with Crippen molar-refractivity contribution in [3.05, 3.63) is 40.7 Å². The molecule has 0 aliphatic carbocycles. The van der Waals surface area contributed by atoms with E-state index in [0.717, 1.165) is 18.5 Å². The summed E-state index contributed by atoms with van der Waals surface area (Å²) < 4.78 is 5.48. The van der Waals surface area contributed by atoms with Gasteiger partial charge in [-0.2, -0.15) is 0 Å². The molecule has 0 spiro atoms. The Morgan fingerprint density at radius 1 is 1.35 bits per heavy atom. The van der Waals surface area contributed by atoms with Gasteiger partial charge in [0.05, 0.1) is 0 Å². The highest BCUT2D eigenvalue weighted by molar-refractivity contribution is 5.82. The molecule has 4 heteroatoms. The van der Waals surface area contributed by atoms with Crippen molar-refractivity contribution < 1.29 is 4.74 Å². The van der Waals surface area contributed by atoms with Gasteiger partial charge in [0.25, 0.3) is 5.56 Å². The molecular formula is C13H16N2O2. The van der Waals surface area contributed by atoms with Crippen molar-refractivity contribution in [1.29, 1.82) is 0 Å². The van der Waals surface area contributed by atoms with Crippen LogP contribution in [-0.2, 0) is 0 Å². The van der Waals surface area contributed by atoms with E-state index in [9.17, 15) is 4.79 Å². The highest BCUT2D eigenvalue weighted by Gasteiger charge is 2.01. The summed E-state index contributed by atoms with van der Waals surface area (Å²) in [6.07, 6.45) is 0. The number of fused-ring (bicyclic) bond motifs is 1. The van der Waals surface area contributed by atoms with E-state index >= 15 is 0 Å². The number of rotatable bonds is 5. The van der Waals surface area contributed by atoms with E-state index in [-0.39, 0.29) is 5.56 Å². The Bertz CT molecular complexity index is 548. The summed E-state index contributed by atoms with van der Waals surface area (Å²) in [6.45, 7) is 4.27. The van der Waals surface area contributed by atoms with E-state index in [0.29, 0.717) is 17.9 Å². The molecule has 0 radical (unpaired) electrons. The maximum Gasteiger partial charge on any atom is 0.258 e. The fraction of sp³-hybridized carbons (Fsp3) is 0.308. The van der Waals surface area contributed by atoms with Crippen LogP contribution >= 0.6 is 0 Å². The molecule has 1 aromatic heterocycles. The van der Waals surface area contributed by atoms with Crippen LogP contribution in [0.1, 0.15) is 6.92 Å². The van der Waals surface area contributed by atoms with Gasteiger partial charge < -0.3 is 10.1 Å². The largest absolute Gasteiger partial charge is 0.478 e. The van der Waals surface area contributed by atoms with Crippen molar-refractivity contribution in [3.8, 4) is 5.88 Å². The van der Waals surface area contributed by atoms with Gasteiger partial charge in [-0.05, 0) is 18.0 Å². The number of hydrogen-bond acceptors (Lipinski definition) is 3. The van der Waals surface area contributed by atoms with Crippen molar-refractivity contribution in [2.45, 2.75) is 6.92 Å². The first-order valence-electron chi connectivity index (χ1n) is 5.77. The average Bonchev–Trinajstić information content (AvgIpc) is 2.35. The zero-order chi connectivity index (χ0) is 12.1. The smallest absolute Gasteiger partial charge is 0.258 e. The summed E-state index contributed by atoms with van der Waals surface area (Å²) >= 11 is 0. The Kier molecular flexibility index (Phi) is 3.77. The van der Waals surface area contributed by atoms with E-state index in [1.807, 2.05) is 31.2 Å². The standard InChI is InChI=1S/C13H16N2O2/c1-2-14-7-8-17-12-9-10-5-3-4-6-11(10)13(16)15-12/h3-6,9,14H,2,7-8H2,1H3,(H,15,16). The van der Waals surface area contributed by atoms with Crippen molar-refractivity contribution in [1.82, 2.24) is 10.3 Å². The second kappa shape index (κ2) is 5.50. The fourth-order valence-electron chi connectivity index (χ4n) is 1.67. The summed E-state index contributed by atoms with van der Waals surface area (Å²) in [5.41, 5.74) is -0.110. The monoisotopic (exact) mass is 232 g/mol. The van der Waals surface area contributed by atoms with Crippen molar-refractivity contribution in [2.24, 2.45) is 0 Å². The molecule has 0 saturated heterocycles. The van der Waals surface area contributed by atoms with Crippen LogP contribution in [0, 0.1) is 0 Å². The van der Waals surface area contributed by atoms with Crippen LogP contribution in [0.3, 0.4) is 0 Å². The Balaban J connectivity index is 2.16. The normalized spacial score (nSPS) is 10.6. The first-order valence-corrected chi connectivity index (χ1v) is 5.77. The third-order valence-electron chi connectivity index (χ3n) is 2.52. The quantitative estimate of drug-likeness (QED) is 0.768. The minimum atomic E-state index is -0.110. The Labute approximate surface area is 99.6 Å². The molecule has 17 heavy (non-hydrogen) atoms. The van der Waals surface area contributed by atoms with Gasteiger partial charge in [0.2, 0.25) is 0 Å². The van der Waals surface area contributed by atoms with Crippen molar-refractivity contribution in [3.63, 3.8) is 0 Å². The van der Waals surface area contributed by atoms with Crippen LogP contribution in [0.15, 0.2) is 35.1 Å². The van der Waals surface area contributed by atoms with Crippen molar-refractivity contribution in [2.75, 3.05) is 19.7 Å². The molecule has 1 heterocycles. The van der Waals surface area contributed by atoms with Gasteiger partial charge in [-0.25, -0.2) is 0 Å².